The Kier molecular flexibility index (Phi) is 11.9. The van der Waals surface area contributed by atoms with Gasteiger partial charge in [0.25, 0.3) is 0 Å². The van der Waals surface area contributed by atoms with Crippen LogP contribution in [-0.2, 0) is 33.7 Å². The molecule has 0 aliphatic carbocycles. The Morgan fingerprint density at radius 1 is 1.18 bits per heavy atom. The summed E-state index contributed by atoms with van der Waals surface area (Å²) in [7, 11) is 1.59. The molecule has 3 atom stereocenters. The molecule has 2 amide bonds. The fourth-order valence-corrected chi connectivity index (χ4v) is 4.37. The first-order valence-electron chi connectivity index (χ1n) is 13.1. The minimum absolute atomic E-state index is 0.00270. The van der Waals surface area contributed by atoms with E-state index in [1.807, 2.05) is 6.20 Å². The van der Waals surface area contributed by atoms with E-state index in [0.29, 0.717) is 44.0 Å². The van der Waals surface area contributed by atoms with E-state index < -0.39 is 18.0 Å². The molecule has 0 spiro atoms. The minimum Gasteiger partial charge on any atom is -0.493 e. The number of hydrogen-bond donors (Lipinski definition) is 4. The number of rotatable bonds is 8. The van der Waals surface area contributed by atoms with Crippen LogP contribution < -0.4 is 20.7 Å². The number of ether oxygens (including phenoxy) is 2. The van der Waals surface area contributed by atoms with Gasteiger partial charge < -0.3 is 30.5 Å². The lowest BCUT2D eigenvalue weighted by Crippen LogP contribution is -2.48. The summed E-state index contributed by atoms with van der Waals surface area (Å²) < 4.78 is 25.6. The van der Waals surface area contributed by atoms with Crippen LogP contribution in [0.3, 0.4) is 0 Å². The van der Waals surface area contributed by atoms with Gasteiger partial charge in [-0.25, -0.2) is 4.39 Å². The number of amides is 2. The lowest BCUT2D eigenvalue weighted by atomic mass is 10.00. The van der Waals surface area contributed by atoms with E-state index in [4.69, 9.17) is 9.47 Å². The van der Waals surface area contributed by atoms with E-state index in [1.54, 1.807) is 19.4 Å². The molecule has 0 saturated heterocycles. The van der Waals surface area contributed by atoms with Gasteiger partial charge in [0.05, 0.1) is 25.4 Å². The van der Waals surface area contributed by atoms with Crippen LogP contribution in [0.1, 0.15) is 42.9 Å². The molecule has 208 valence electrons. The molecule has 1 aromatic carbocycles. The minimum atomic E-state index is -0.965. The molecule has 1 unspecified atom stereocenters. The van der Waals surface area contributed by atoms with Gasteiger partial charge in [0.2, 0.25) is 11.8 Å². The first-order chi connectivity index (χ1) is 18.4. The number of aliphatic hydroxyl groups is 1. The van der Waals surface area contributed by atoms with Gasteiger partial charge in [-0.05, 0) is 48.1 Å². The van der Waals surface area contributed by atoms with Crippen molar-refractivity contribution in [2.75, 3.05) is 33.4 Å². The summed E-state index contributed by atoms with van der Waals surface area (Å²) in [5.74, 6) is -0.690. The number of halogens is 1. The Hall–Kier alpha value is -3.08. The van der Waals surface area contributed by atoms with Gasteiger partial charge in [0, 0.05) is 64.0 Å². The number of aromatic nitrogens is 1. The number of nitrogens with zero attached hydrogens (tertiary/aromatic N) is 1. The van der Waals surface area contributed by atoms with E-state index in [1.165, 1.54) is 12.1 Å². The van der Waals surface area contributed by atoms with E-state index in [-0.39, 0.29) is 43.5 Å². The molecule has 1 aliphatic rings. The molecular weight excluding hydrogens is 491 g/mol. The number of aliphatic hydroxyl groups excluding tert-OH is 1. The molecule has 2 aromatic rings. The van der Waals surface area contributed by atoms with Gasteiger partial charge in [-0.15, -0.1) is 0 Å². The zero-order valence-corrected chi connectivity index (χ0v) is 22.2. The lowest BCUT2D eigenvalue weighted by molar-refractivity contribution is -0.127. The summed E-state index contributed by atoms with van der Waals surface area (Å²) in [6.07, 6.45) is 4.32. The maximum atomic E-state index is 14.5. The van der Waals surface area contributed by atoms with Crippen LogP contribution in [0.2, 0.25) is 0 Å². The van der Waals surface area contributed by atoms with Gasteiger partial charge in [-0.2, -0.15) is 0 Å². The molecule has 4 N–H and O–H groups in total. The highest BCUT2D eigenvalue weighted by Crippen LogP contribution is 2.20. The Balaban J connectivity index is 1.73. The summed E-state index contributed by atoms with van der Waals surface area (Å²) >= 11 is 0. The Morgan fingerprint density at radius 2 is 1.97 bits per heavy atom. The maximum absolute atomic E-state index is 14.5. The van der Waals surface area contributed by atoms with Crippen LogP contribution in [0.5, 0.6) is 5.75 Å². The van der Waals surface area contributed by atoms with Crippen molar-refractivity contribution in [2.24, 2.45) is 5.92 Å². The zero-order valence-electron chi connectivity index (χ0n) is 22.2. The maximum Gasteiger partial charge on any atom is 0.220 e. The fraction of sp³-hybridized carbons (Fsp3) is 0.536. The van der Waals surface area contributed by atoms with Crippen LogP contribution >= 0.6 is 0 Å². The highest BCUT2D eigenvalue weighted by Gasteiger charge is 2.23. The summed E-state index contributed by atoms with van der Waals surface area (Å²) in [5.41, 5.74) is 2.69. The second-order valence-corrected chi connectivity index (χ2v) is 9.70. The van der Waals surface area contributed by atoms with Gasteiger partial charge in [0.1, 0.15) is 11.6 Å². The molecule has 1 aliphatic heterocycles. The third-order valence-corrected chi connectivity index (χ3v) is 6.48. The van der Waals surface area contributed by atoms with Gasteiger partial charge in [-0.1, -0.05) is 13.0 Å². The lowest BCUT2D eigenvalue weighted by Gasteiger charge is -2.25. The van der Waals surface area contributed by atoms with Gasteiger partial charge >= 0.3 is 0 Å². The third kappa shape index (κ3) is 10.00. The molecule has 1 aromatic heterocycles. The van der Waals surface area contributed by atoms with Crippen molar-refractivity contribution in [2.45, 2.75) is 57.7 Å². The first kappa shape index (κ1) is 29.5. The largest absolute Gasteiger partial charge is 0.493 e. The first-order valence-corrected chi connectivity index (χ1v) is 13.1. The summed E-state index contributed by atoms with van der Waals surface area (Å²) in [6, 6.07) is 5.75. The Labute approximate surface area is 223 Å². The number of carbonyl (C=O) groups is 2. The number of carbonyl (C=O) groups excluding carboxylic acids is 2. The van der Waals surface area contributed by atoms with Crippen molar-refractivity contribution in [1.29, 1.82) is 0 Å². The normalized spacial score (nSPS) is 20.2. The number of aryl methyl sites for hydroxylation is 1. The predicted molar refractivity (Wildman–Crippen MR) is 141 cm³/mol. The summed E-state index contributed by atoms with van der Waals surface area (Å²) in [6.45, 7) is 3.89. The second-order valence-electron chi connectivity index (χ2n) is 9.70. The molecule has 9 nitrogen and oxygen atoms in total. The van der Waals surface area contributed by atoms with Crippen molar-refractivity contribution >= 4 is 11.8 Å². The summed E-state index contributed by atoms with van der Waals surface area (Å²) in [5, 5.41) is 19.9. The smallest absolute Gasteiger partial charge is 0.220 e. The van der Waals surface area contributed by atoms with Crippen molar-refractivity contribution in [3.63, 3.8) is 0 Å². The van der Waals surface area contributed by atoms with Crippen molar-refractivity contribution < 1.29 is 28.6 Å². The number of benzene rings is 1. The molecule has 2 heterocycles. The highest BCUT2D eigenvalue weighted by molar-refractivity contribution is 5.83. The second kappa shape index (κ2) is 15.4. The molecule has 2 bridgehead atoms. The number of fused-ring (bicyclic) bond motifs is 2. The number of nitrogens with one attached hydrogen (secondary N) is 3. The van der Waals surface area contributed by atoms with Crippen LogP contribution in [0, 0.1) is 11.7 Å². The number of pyridine rings is 1. The summed E-state index contributed by atoms with van der Waals surface area (Å²) in [4.78, 5) is 29.2. The van der Waals surface area contributed by atoms with E-state index in [0.717, 1.165) is 17.5 Å². The van der Waals surface area contributed by atoms with Crippen molar-refractivity contribution in [3.05, 3.63) is 59.2 Å². The molecule has 38 heavy (non-hydrogen) atoms. The average Bonchev–Trinajstić information content (AvgIpc) is 2.89. The Bertz CT molecular complexity index is 1050. The average molecular weight is 531 g/mol. The molecule has 0 saturated carbocycles. The topological polar surface area (TPSA) is 122 Å². The van der Waals surface area contributed by atoms with Gasteiger partial charge in [0.15, 0.2) is 0 Å². The zero-order chi connectivity index (χ0) is 27.3. The van der Waals surface area contributed by atoms with E-state index >= 15 is 0 Å². The predicted octanol–water partition coefficient (Wildman–Crippen LogP) is 1.90. The van der Waals surface area contributed by atoms with Crippen molar-refractivity contribution in [3.8, 4) is 5.75 Å². The van der Waals surface area contributed by atoms with E-state index in [9.17, 15) is 19.1 Å². The van der Waals surface area contributed by atoms with Gasteiger partial charge in [-0.3, -0.25) is 14.6 Å². The van der Waals surface area contributed by atoms with E-state index in [2.05, 4.69) is 33.9 Å². The number of hydrogen-bond acceptors (Lipinski definition) is 7. The molecule has 3 rings (SSSR count). The fourth-order valence-electron chi connectivity index (χ4n) is 4.37. The van der Waals surface area contributed by atoms with Crippen LogP contribution in [0.25, 0.3) is 0 Å². The van der Waals surface area contributed by atoms with Crippen molar-refractivity contribution in [1.82, 2.24) is 20.9 Å². The third-order valence-electron chi connectivity index (χ3n) is 6.48. The number of methoxy groups -OCH3 is 1. The van der Waals surface area contributed by atoms with Crippen LogP contribution in [-0.4, -0.2) is 67.5 Å². The molecule has 0 radical (unpaired) electrons. The molecule has 10 heteroatoms. The molecular formula is C28H39FN4O5. The van der Waals surface area contributed by atoms with Crippen LogP contribution in [0.4, 0.5) is 4.39 Å². The highest BCUT2D eigenvalue weighted by atomic mass is 19.1. The quantitative estimate of drug-likeness (QED) is 0.411. The Morgan fingerprint density at radius 3 is 2.76 bits per heavy atom. The standard InChI is InChI=1S/C28H39FN4O5/c1-3-19-8-22(14-30-13-19)15-31-16-26(34)25-11-21-9-23(29)12-24(10-21)38-18-20(17-37-2)6-7-32-27(35)4-5-28(36)33-25/h8-10,12-14,20,25-26,31,34H,3-7,11,15-18H2,1-2H3,(H,32,35)(H,33,36)/t20?,25-,26+/m0/s1. The molecule has 0 fully saturated rings. The SMILES string of the molecule is CCc1cncc(CNC[C@@H](O)[C@@H]2Cc3cc(F)cc(c3)OCC(COC)CCNC(=O)CCC(=O)N2)c1. The monoisotopic (exact) mass is 530 g/mol. The van der Waals surface area contributed by atoms with Crippen LogP contribution in [0.15, 0.2) is 36.7 Å².